The van der Waals surface area contributed by atoms with Crippen molar-refractivity contribution in [2.75, 3.05) is 12.3 Å². The molecule has 1 atom stereocenters. The number of nitrogens with two attached hydrogens (primary N) is 1. The largest absolute Gasteiger partial charge is 0.488 e. The molecule has 1 spiro atoms. The van der Waals surface area contributed by atoms with E-state index in [1.54, 1.807) is 4.57 Å². The van der Waals surface area contributed by atoms with Gasteiger partial charge < -0.3 is 15.0 Å². The number of nitrogen functional groups attached to an aromatic ring is 1. The summed E-state index contributed by atoms with van der Waals surface area (Å²) < 4.78 is 35.9. The van der Waals surface area contributed by atoms with Gasteiger partial charge in [0.25, 0.3) is 0 Å². The lowest BCUT2D eigenvalue weighted by atomic mass is 9.68. The molecule has 1 aromatic heterocycles. The van der Waals surface area contributed by atoms with Crippen LogP contribution in [0, 0.1) is 17.6 Å². The summed E-state index contributed by atoms with van der Waals surface area (Å²) >= 11 is 0. The molecule has 1 aliphatic heterocycles. The molecule has 1 unspecified atom stereocenters. The van der Waals surface area contributed by atoms with Crippen LogP contribution >= 0.6 is 0 Å². The van der Waals surface area contributed by atoms with E-state index in [4.69, 9.17) is 10.5 Å². The first-order valence-corrected chi connectivity index (χ1v) is 7.86. The normalized spacial score (nSPS) is 21.2. The van der Waals surface area contributed by atoms with Crippen LogP contribution in [-0.2, 0) is 5.54 Å². The van der Waals surface area contributed by atoms with Crippen LogP contribution in [0.3, 0.4) is 0 Å². The highest BCUT2D eigenvalue weighted by atomic mass is 19.2. The molecule has 5 nitrogen and oxygen atoms in total. The molecule has 2 heterocycles. The van der Waals surface area contributed by atoms with E-state index in [9.17, 15) is 18.4 Å². The first-order chi connectivity index (χ1) is 11.4. The lowest BCUT2D eigenvalue weighted by Gasteiger charge is -2.47. The predicted molar refractivity (Wildman–Crippen MR) is 84.4 cm³/mol. The average Bonchev–Trinajstić information content (AvgIpc) is 2.65. The molecule has 0 bridgehead atoms. The molecular weight excluding hydrogens is 318 g/mol. The molecule has 7 heteroatoms. The highest BCUT2D eigenvalue weighted by molar-refractivity contribution is 5.98. The molecule has 2 aliphatic rings. The van der Waals surface area contributed by atoms with Gasteiger partial charge in [-0.3, -0.25) is 9.59 Å². The SMILES string of the molecule is CC1COc2c(F)c(F)c(N)c3c(=O)c(C=O)cn(c23)C12CCC2. The standard InChI is InChI=1S/C17H16F2N2O3/c1-8-7-24-16-12(19)11(18)13(20)10-14(16)21(17(8)3-2-4-17)5-9(6-22)15(10)23/h5-6,8H,2-4,7,20H2,1H3. The van der Waals surface area contributed by atoms with Crippen molar-refractivity contribution in [2.45, 2.75) is 31.7 Å². The van der Waals surface area contributed by atoms with Crippen LogP contribution in [-0.4, -0.2) is 17.5 Å². The molecule has 0 saturated heterocycles. The number of aromatic nitrogens is 1. The Kier molecular flexibility index (Phi) is 3.01. The molecule has 1 fully saturated rings. The van der Waals surface area contributed by atoms with Crippen LogP contribution < -0.4 is 15.9 Å². The molecule has 2 N–H and O–H groups in total. The van der Waals surface area contributed by atoms with Crippen LogP contribution in [0.1, 0.15) is 36.5 Å². The second-order valence-electron chi connectivity index (χ2n) is 6.66. The van der Waals surface area contributed by atoms with Gasteiger partial charge in [0, 0.05) is 12.1 Å². The number of carbonyl (C=O) groups is 1. The Morgan fingerprint density at radius 3 is 2.67 bits per heavy atom. The maximum absolute atomic E-state index is 14.4. The highest BCUT2D eigenvalue weighted by Gasteiger charge is 2.47. The minimum absolute atomic E-state index is 0.00698. The summed E-state index contributed by atoms with van der Waals surface area (Å²) in [6, 6.07) is 0. The van der Waals surface area contributed by atoms with Crippen molar-refractivity contribution in [3.8, 4) is 5.75 Å². The summed E-state index contributed by atoms with van der Waals surface area (Å²) in [4.78, 5) is 23.9. The molecule has 24 heavy (non-hydrogen) atoms. The molecule has 2 aromatic rings. The fourth-order valence-electron chi connectivity index (χ4n) is 3.98. The van der Waals surface area contributed by atoms with Crippen LogP contribution in [0.15, 0.2) is 11.0 Å². The molecule has 1 saturated carbocycles. The van der Waals surface area contributed by atoms with Crippen molar-refractivity contribution in [2.24, 2.45) is 5.92 Å². The zero-order chi connectivity index (χ0) is 17.2. The Bertz CT molecular complexity index is 947. The summed E-state index contributed by atoms with van der Waals surface area (Å²) in [6.45, 7) is 2.16. The van der Waals surface area contributed by atoms with Crippen LogP contribution in [0.4, 0.5) is 14.5 Å². The zero-order valence-electron chi connectivity index (χ0n) is 13.1. The van der Waals surface area contributed by atoms with Gasteiger partial charge in [-0.25, -0.2) is 4.39 Å². The van der Waals surface area contributed by atoms with E-state index < -0.39 is 22.8 Å². The van der Waals surface area contributed by atoms with E-state index in [1.165, 1.54) is 6.20 Å². The van der Waals surface area contributed by atoms with E-state index in [0.717, 1.165) is 19.3 Å². The van der Waals surface area contributed by atoms with Crippen molar-refractivity contribution in [1.29, 1.82) is 0 Å². The molecule has 4 rings (SSSR count). The number of nitrogens with zero attached hydrogens (tertiary/aromatic N) is 1. The van der Waals surface area contributed by atoms with Gasteiger partial charge in [0.1, 0.15) is 5.52 Å². The highest BCUT2D eigenvalue weighted by Crippen LogP contribution is 2.50. The quantitative estimate of drug-likeness (QED) is 0.642. The summed E-state index contributed by atoms with van der Waals surface area (Å²) in [5.74, 6) is -2.81. The molecular formula is C17H16F2N2O3. The van der Waals surface area contributed by atoms with Gasteiger partial charge in [-0.1, -0.05) is 6.92 Å². The van der Waals surface area contributed by atoms with Crippen LogP contribution in [0.25, 0.3) is 10.9 Å². The number of fused-ring (bicyclic) bond motifs is 1. The number of aldehydes is 1. The van der Waals surface area contributed by atoms with Crippen molar-refractivity contribution in [3.63, 3.8) is 0 Å². The van der Waals surface area contributed by atoms with E-state index in [0.29, 0.717) is 6.29 Å². The molecule has 0 amide bonds. The minimum Gasteiger partial charge on any atom is -0.488 e. The van der Waals surface area contributed by atoms with Gasteiger partial charge in [0.15, 0.2) is 17.9 Å². The maximum Gasteiger partial charge on any atom is 0.204 e. The second kappa shape index (κ2) is 4.78. The Labute approximate surface area is 136 Å². The topological polar surface area (TPSA) is 74.3 Å². The van der Waals surface area contributed by atoms with E-state index in [1.807, 2.05) is 6.92 Å². The van der Waals surface area contributed by atoms with Crippen LogP contribution in [0.5, 0.6) is 5.75 Å². The van der Waals surface area contributed by atoms with E-state index >= 15 is 0 Å². The number of ether oxygens (including phenoxy) is 1. The number of hydrogen-bond acceptors (Lipinski definition) is 4. The van der Waals surface area contributed by atoms with Gasteiger partial charge in [0.2, 0.25) is 11.2 Å². The Hall–Kier alpha value is -2.44. The number of halogens is 2. The third-order valence-corrected chi connectivity index (χ3v) is 5.57. The Morgan fingerprint density at radius 1 is 1.38 bits per heavy atom. The summed E-state index contributed by atoms with van der Waals surface area (Å²) in [6.07, 6.45) is 4.46. The number of hydrogen-bond donors (Lipinski definition) is 1. The lowest BCUT2D eigenvalue weighted by molar-refractivity contribution is 0.0527. The smallest absolute Gasteiger partial charge is 0.204 e. The van der Waals surface area contributed by atoms with Crippen molar-refractivity contribution < 1.29 is 18.3 Å². The zero-order valence-corrected chi connectivity index (χ0v) is 13.1. The van der Waals surface area contributed by atoms with Gasteiger partial charge >= 0.3 is 0 Å². The first-order valence-electron chi connectivity index (χ1n) is 7.86. The average molecular weight is 334 g/mol. The van der Waals surface area contributed by atoms with E-state index in [2.05, 4.69) is 0 Å². The number of benzene rings is 1. The van der Waals surface area contributed by atoms with Gasteiger partial charge in [0.05, 0.1) is 28.8 Å². The predicted octanol–water partition coefficient (Wildman–Crippen LogP) is 2.58. The third-order valence-electron chi connectivity index (χ3n) is 5.57. The first kappa shape index (κ1) is 15.1. The number of rotatable bonds is 1. The molecule has 1 aromatic carbocycles. The third kappa shape index (κ3) is 1.62. The number of carbonyl (C=O) groups excluding carboxylic acids is 1. The second-order valence-corrected chi connectivity index (χ2v) is 6.66. The Balaban J connectivity index is 2.27. The van der Waals surface area contributed by atoms with Gasteiger partial charge in [-0.2, -0.15) is 4.39 Å². The van der Waals surface area contributed by atoms with Crippen molar-refractivity contribution in [1.82, 2.24) is 4.57 Å². The molecule has 0 radical (unpaired) electrons. The monoisotopic (exact) mass is 334 g/mol. The number of anilines is 1. The van der Waals surface area contributed by atoms with Gasteiger partial charge in [-0.15, -0.1) is 0 Å². The summed E-state index contributed by atoms with van der Waals surface area (Å²) in [5.41, 5.74) is 4.05. The summed E-state index contributed by atoms with van der Waals surface area (Å²) in [7, 11) is 0. The molecule has 126 valence electrons. The van der Waals surface area contributed by atoms with Gasteiger partial charge in [-0.05, 0) is 19.3 Å². The number of pyridine rings is 1. The van der Waals surface area contributed by atoms with E-state index in [-0.39, 0.29) is 40.3 Å². The van der Waals surface area contributed by atoms with Crippen molar-refractivity contribution in [3.05, 3.63) is 33.6 Å². The van der Waals surface area contributed by atoms with Crippen LogP contribution in [0.2, 0.25) is 0 Å². The molecule has 1 aliphatic carbocycles. The summed E-state index contributed by atoms with van der Waals surface area (Å²) in [5, 5.41) is -0.186. The Morgan fingerprint density at radius 2 is 2.08 bits per heavy atom. The fraction of sp³-hybridized carbons (Fsp3) is 0.412. The maximum atomic E-state index is 14.4. The fourth-order valence-corrected chi connectivity index (χ4v) is 3.98. The lowest BCUT2D eigenvalue weighted by Crippen LogP contribution is -2.47. The van der Waals surface area contributed by atoms with Crippen molar-refractivity contribution >= 4 is 22.9 Å². The minimum atomic E-state index is -1.32.